The second kappa shape index (κ2) is 12.1. The number of hydrogen-bond donors (Lipinski definition) is 0. The predicted molar refractivity (Wildman–Crippen MR) is 16.5 cm³/mol. The molecule has 0 heterocycles. The van der Waals surface area contributed by atoms with E-state index in [2.05, 4.69) is 7.37 Å². The van der Waals surface area contributed by atoms with Crippen LogP contribution in [-0.2, 0) is 0 Å². The van der Waals surface area contributed by atoms with Gasteiger partial charge in [-0.05, 0) is 0 Å². The molecule has 4 heteroatoms. The molecule has 0 nitrogen and oxygen atoms in total. The van der Waals surface area contributed by atoms with Crippen molar-refractivity contribution in [3.8, 4) is 0 Å². The van der Waals surface area contributed by atoms with Gasteiger partial charge in [-0.25, -0.2) is 0 Å². The molecule has 4 heavy (non-hydrogen) atoms. The summed E-state index contributed by atoms with van der Waals surface area (Å²) in [6.45, 7) is 0. The van der Waals surface area contributed by atoms with Crippen LogP contribution in [0.2, 0.25) is 0 Å². The largest absolute Gasteiger partial charge is 0.269 e. The van der Waals surface area contributed by atoms with E-state index in [1.54, 1.807) is 0 Å². The van der Waals surface area contributed by atoms with Gasteiger partial charge >= 0.3 is 18.8 Å². The molecule has 0 amide bonds. The molecule has 22 valence electrons. The third-order valence-electron chi connectivity index (χ3n) is 0. The van der Waals surface area contributed by atoms with E-state index >= 15 is 0 Å². The summed E-state index contributed by atoms with van der Waals surface area (Å²) >= 11 is 0. The molecule has 0 saturated carbocycles. The molecule has 0 rings (SSSR count). The zero-order valence-electron chi connectivity index (χ0n) is 2.07. The summed E-state index contributed by atoms with van der Waals surface area (Å²) in [7, 11) is 2.94. The molecule has 0 aliphatic carbocycles. The number of halogens is 2. The fraction of sp³-hybridized carbons (Fsp3) is 0. The van der Waals surface area contributed by atoms with Gasteiger partial charge in [0.05, 0.1) is 0 Å². The average molecular weight is 61.6 g/mol. The van der Waals surface area contributed by atoms with Crippen LogP contribution in [0.15, 0.2) is 0 Å². The smallest absolute Gasteiger partial charge is 0.269 e. The van der Waals surface area contributed by atoms with E-state index < -0.39 is 0 Å². The first-order chi connectivity index (χ1) is 1.41. The van der Waals surface area contributed by atoms with Crippen molar-refractivity contribution in [2.75, 3.05) is 0 Å². The van der Waals surface area contributed by atoms with Crippen molar-refractivity contribution >= 4 is 14.4 Å². The van der Waals surface area contributed by atoms with Gasteiger partial charge in [0.2, 0.25) is 0 Å². The van der Waals surface area contributed by atoms with Gasteiger partial charge < -0.3 is 0 Å². The maximum Gasteiger partial charge on any atom is -0.269 e. The van der Waals surface area contributed by atoms with Crippen molar-refractivity contribution in [3.63, 3.8) is 0 Å². The monoisotopic (exact) mass is 62.0 g/mol. The minimum Gasteiger partial charge on any atom is -0.269 e. The third-order valence-corrected chi connectivity index (χ3v) is 0. The Morgan fingerprint density at radius 2 is 1.75 bits per heavy atom. The summed E-state index contributed by atoms with van der Waals surface area (Å²) < 4.78 is 10.1. The topological polar surface area (TPSA) is 0 Å². The van der Waals surface area contributed by atoms with Crippen molar-refractivity contribution in [1.82, 2.24) is 0 Å². The van der Waals surface area contributed by atoms with Gasteiger partial charge in [-0.2, -0.15) is 0 Å². The van der Waals surface area contributed by atoms with Crippen LogP contribution in [0, 0.1) is 0 Å². The fourth-order valence-electron chi connectivity index (χ4n) is 0. The van der Waals surface area contributed by atoms with Crippen LogP contribution >= 0.6 is 0 Å². The van der Waals surface area contributed by atoms with E-state index in [1.165, 1.54) is 0 Å². The SMILES string of the molecule is B=BF.F. The average Bonchev–Trinajstić information content (AvgIpc) is 0.918. The first-order valence-electron chi connectivity index (χ1n) is 0.626. The zero-order valence-corrected chi connectivity index (χ0v) is 2.07. The van der Waals surface area contributed by atoms with Gasteiger partial charge in [-0.1, -0.05) is 0 Å². The zero-order chi connectivity index (χ0) is 2.71. The molecule has 0 N–H and O–H groups in total. The molecule has 0 unspecified atom stereocenters. The van der Waals surface area contributed by atoms with Crippen LogP contribution < -0.4 is 0 Å². The van der Waals surface area contributed by atoms with Crippen molar-refractivity contribution in [3.05, 3.63) is 0 Å². The summed E-state index contributed by atoms with van der Waals surface area (Å²) in [4.78, 5) is 0. The third kappa shape index (κ3) is 19000. The van der Waals surface area contributed by atoms with Gasteiger partial charge in [-0.15, -0.1) is 0 Å². The molecule has 0 aromatic rings. The van der Waals surface area contributed by atoms with E-state index in [4.69, 9.17) is 0 Å². The Balaban J connectivity index is 0. The van der Waals surface area contributed by atoms with Gasteiger partial charge in [0.25, 0.3) is 0 Å². The van der Waals surface area contributed by atoms with E-state index in [1.807, 2.05) is 0 Å². The van der Waals surface area contributed by atoms with Crippen molar-refractivity contribution in [2.45, 2.75) is 0 Å². The molecule has 0 atom stereocenters. The van der Waals surface area contributed by atoms with E-state index in [-0.39, 0.29) is 11.8 Å². The Bertz CT molecular complexity index is 11.5. The Kier molecular flexibility index (Phi) is 27.2. The molecule has 0 bridgehead atoms. The first kappa shape index (κ1) is 9.01. The molecule has 0 aliphatic rings. The fourth-order valence-corrected chi connectivity index (χ4v) is 0. The summed E-state index contributed by atoms with van der Waals surface area (Å²) in [5.41, 5.74) is 0. The maximum absolute atomic E-state index is 10.1. The Labute approximate surface area is 24.7 Å². The van der Waals surface area contributed by atoms with E-state index in [9.17, 15) is 4.32 Å². The van der Waals surface area contributed by atoms with Gasteiger partial charge in [0.15, 0.2) is 0 Å². The van der Waals surface area contributed by atoms with Crippen LogP contribution in [0.1, 0.15) is 0 Å². The normalized spacial score (nSPS) is 2.00. The van der Waals surface area contributed by atoms with Crippen molar-refractivity contribution < 1.29 is 9.02 Å². The van der Waals surface area contributed by atoms with Crippen LogP contribution in [0.25, 0.3) is 0 Å². The second-order valence-corrected chi connectivity index (χ2v) is 0.154. The summed E-state index contributed by atoms with van der Waals surface area (Å²) in [5.74, 6) is 0. The Morgan fingerprint density at radius 3 is 1.75 bits per heavy atom. The summed E-state index contributed by atoms with van der Waals surface area (Å²) in [5, 5.41) is 0. The Hall–Kier alpha value is -0.0101. The molecule has 0 aromatic carbocycles. The quantitative estimate of drug-likeness (QED) is 0.333. The first-order valence-corrected chi connectivity index (χ1v) is 0.626. The summed E-state index contributed by atoms with van der Waals surface area (Å²) in [6, 6.07) is 0. The van der Waals surface area contributed by atoms with Gasteiger partial charge in [0.1, 0.15) is 0 Å². The predicted octanol–water partition coefficient (Wildman–Crippen LogP) is -0.457. The van der Waals surface area contributed by atoms with Crippen LogP contribution in [-0.4, -0.2) is 14.4 Å². The number of rotatable bonds is 0. The van der Waals surface area contributed by atoms with Crippen molar-refractivity contribution in [1.29, 1.82) is 0 Å². The van der Waals surface area contributed by atoms with Gasteiger partial charge in [0, 0.05) is 0 Å². The molecular weight excluding hydrogens is 59.6 g/mol. The molecule has 0 aliphatic heterocycles. The molecular formula is H2B2F2. The number of hydrogen-bond acceptors (Lipinski definition) is 0. The summed E-state index contributed by atoms with van der Waals surface area (Å²) in [6.07, 6.45) is 0. The van der Waals surface area contributed by atoms with Crippen LogP contribution in [0.4, 0.5) is 9.02 Å². The minimum atomic E-state index is 0. The minimum absolute atomic E-state index is 0. The van der Waals surface area contributed by atoms with Crippen LogP contribution in [0.5, 0.6) is 0 Å². The molecule has 0 radical (unpaired) electrons. The van der Waals surface area contributed by atoms with E-state index in [0.717, 1.165) is 0 Å². The Morgan fingerprint density at radius 1 is 1.75 bits per heavy atom. The van der Waals surface area contributed by atoms with Gasteiger partial charge in [-0.3, -0.25) is 4.70 Å². The maximum atomic E-state index is 10.1. The van der Waals surface area contributed by atoms with Crippen molar-refractivity contribution in [2.24, 2.45) is 0 Å². The standard InChI is InChI=1S/B2FH.FH/c1-2-3;/h1H;1H. The van der Waals surface area contributed by atoms with E-state index in [0.29, 0.717) is 0 Å². The second-order valence-electron chi connectivity index (χ2n) is 0.154. The molecule has 0 saturated heterocycles. The molecule has 0 aromatic heterocycles. The van der Waals surface area contributed by atoms with Crippen LogP contribution in [0.3, 0.4) is 0 Å². The molecule has 0 spiro atoms. The molecule has 0 fully saturated rings.